The Kier molecular flexibility index (Phi) is 4.46. The molecule has 0 atom stereocenters. The number of ether oxygens (including phenoxy) is 2. The fraction of sp³-hybridized carbons (Fsp3) is 0.250. The largest absolute Gasteiger partial charge is 0.472 e. The van der Waals surface area contributed by atoms with Gasteiger partial charge in [0.15, 0.2) is 11.5 Å². The Balaban J connectivity index is 1.39. The summed E-state index contributed by atoms with van der Waals surface area (Å²) >= 11 is 0. The molecule has 2 aromatic rings. The van der Waals surface area contributed by atoms with Crippen LogP contribution in [0.2, 0.25) is 0 Å². The summed E-state index contributed by atoms with van der Waals surface area (Å²) in [4.78, 5) is 23.4. The maximum absolute atomic E-state index is 11.8. The van der Waals surface area contributed by atoms with Crippen molar-refractivity contribution >= 4 is 11.8 Å². The van der Waals surface area contributed by atoms with Crippen molar-refractivity contribution in [1.82, 2.24) is 10.6 Å². The van der Waals surface area contributed by atoms with Gasteiger partial charge in [0.2, 0.25) is 12.7 Å². The Bertz CT molecular complexity index is 697. The lowest BCUT2D eigenvalue weighted by Gasteiger charge is -2.07. The molecule has 0 bridgehead atoms. The molecule has 2 N–H and O–H groups in total. The van der Waals surface area contributed by atoms with Crippen LogP contribution in [0.4, 0.5) is 0 Å². The topological polar surface area (TPSA) is 89.8 Å². The van der Waals surface area contributed by atoms with Crippen LogP contribution in [0, 0.1) is 0 Å². The van der Waals surface area contributed by atoms with Crippen LogP contribution in [-0.4, -0.2) is 25.2 Å². The van der Waals surface area contributed by atoms with Gasteiger partial charge in [-0.1, -0.05) is 6.07 Å². The van der Waals surface area contributed by atoms with Gasteiger partial charge in [0.1, 0.15) is 6.26 Å². The summed E-state index contributed by atoms with van der Waals surface area (Å²) in [5, 5.41) is 5.45. The van der Waals surface area contributed by atoms with Crippen molar-refractivity contribution in [3.05, 3.63) is 47.9 Å². The Morgan fingerprint density at radius 1 is 1.09 bits per heavy atom. The van der Waals surface area contributed by atoms with Crippen molar-refractivity contribution < 1.29 is 23.5 Å². The maximum atomic E-state index is 11.8. The fourth-order valence-corrected chi connectivity index (χ4v) is 2.13. The van der Waals surface area contributed by atoms with E-state index in [4.69, 9.17) is 13.9 Å². The van der Waals surface area contributed by atoms with Gasteiger partial charge in [-0.2, -0.15) is 0 Å². The molecule has 0 fully saturated rings. The molecule has 3 rings (SSSR count). The van der Waals surface area contributed by atoms with Crippen LogP contribution in [0.15, 0.2) is 41.2 Å². The first-order valence-corrected chi connectivity index (χ1v) is 7.18. The molecule has 0 radical (unpaired) electrons. The molecular formula is C16H16N2O5. The van der Waals surface area contributed by atoms with Crippen molar-refractivity contribution in [2.45, 2.75) is 13.0 Å². The second kappa shape index (κ2) is 6.87. The lowest BCUT2D eigenvalue weighted by molar-refractivity contribution is -0.121. The molecule has 0 unspecified atom stereocenters. The molecule has 7 nitrogen and oxygen atoms in total. The van der Waals surface area contributed by atoms with E-state index in [1.165, 1.54) is 12.5 Å². The molecule has 0 spiro atoms. The second-order valence-electron chi connectivity index (χ2n) is 4.98. The molecule has 1 aliphatic heterocycles. The predicted molar refractivity (Wildman–Crippen MR) is 80.1 cm³/mol. The number of carbonyl (C=O) groups excluding carboxylic acids is 2. The van der Waals surface area contributed by atoms with Gasteiger partial charge < -0.3 is 24.5 Å². The number of fused-ring (bicyclic) bond motifs is 1. The van der Waals surface area contributed by atoms with Crippen LogP contribution in [0.1, 0.15) is 22.3 Å². The standard InChI is InChI=1S/C16H16N2O5/c19-15(3-5-17-16(20)12-4-6-21-9-12)18-8-11-1-2-13-14(7-11)23-10-22-13/h1-2,4,6-7,9H,3,5,8,10H2,(H,17,20)(H,18,19). The summed E-state index contributed by atoms with van der Waals surface area (Å²) in [7, 11) is 0. The van der Waals surface area contributed by atoms with Crippen LogP contribution in [-0.2, 0) is 11.3 Å². The molecule has 2 heterocycles. The van der Waals surface area contributed by atoms with Crippen molar-refractivity contribution in [3.8, 4) is 11.5 Å². The molecule has 120 valence electrons. The molecule has 2 amide bonds. The van der Waals surface area contributed by atoms with Crippen LogP contribution >= 0.6 is 0 Å². The van der Waals surface area contributed by atoms with E-state index in [1.807, 2.05) is 18.2 Å². The summed E-state index contributed by atoms with van der Waals surface area (Å²) in [6, 6.07) is 7.09. The lowest BCUT2D eigenvalue weighted by atomic mass is 10.2. The highest BCUT2D eigenvalue weighted by atomic mass is 16.7. The highest BCUT2D eigenvalue weighted by molar-refractivity contribution is 5.94. The summed E-state index contributed by atoms with van der Waals surface area (Å²) in [5.41, 5.74) is 1.36. The third-order valence-corrected chi connectivity index (χ3v) is 3.35. The van der Waals surface area contributed by atoms with Crippen LogP contribution in [0.3, 0.4) is 0 Å². The first kappa shape index (κ1) is 15.0. The zero-order chi connectivity index (χ0) is 16.1. The Hall–Kier alpha value is -2.96. The van der Waals surface area contributed by atoms with Gasteiger partial charge in [0.25, 0.3) is 5.91 Å². The monoisotopic (exact) mass is 316 g/mol. The Labute approximate surface area is 132 Å². The maximum Gasteiger partial charge on any atom is 0.254 e. The third-order valence-electron chi connectivity index (χ3n) is 3.35. The zero-order valence-electron chi connectivity index (χ0n) is 12.3. The molecule has 1 aliphatic rings. The lowest BCUT2D eigenvalue weighted by Crippen LogP contribution is -2.30. The van der Waals surface area contributed by atoms with Crippen LogP contribution in [0.5, 0.6) is 11.5 Å². The van der Waals surface area contributed by atoms with E-state index >= 15 is 0 Å². The van der Waals surface area contributed by atoms with Crippen molar-refractivity contribution in [2.75, 3.05) is 13.3 Å². The van der Waals surface area contributed by atoms with E-state index in [0.29, 0.717) is 23.6 Å². The molecule has 1 aromatic heterocycles. The van der Waals surface area contributed by atoms with Crippen LogP contribution in [0.25, 0.3) is 0 Å². The number of amides is 2. The molecule has 7 heteroatoms. The first-order valence-electron chi connectivity index (χ1n) is 7.18. The number of hydrogen-bond acceptors (Lipinski definition) is 5. The van der Waals surface area contributed by atoms with E-state index in [2.05, 4.69) is 10.6 Å². The van der Waals surface area contributed by atoms with E-state index in [-0.39, 0.29) is 31.6 Å². The molecule has 1 aromatic carbocycles. The van der Waals surface area contributed by atoms with Gasteiger partial charge in [-0.25, -0.2) is 0 Å². The van der Waals surface area contributed by atoms with Gasteiger partial charge in [-0.15, -0.1) is 0 Å². The van der Waals surface area contributed by atoms with Gasteiger partial charge in [0.05, 0.1) is 11.8 Å². The zero-order valence-corrected chi connectivity index (χ0v) is 12.3. The average Bonchev–Trinajstić information content (AvgIpc) is 3.23. The van der Waals surface area contributed by atoms with Gasteiger partial charge in [0, 0.05) is 19.5 Å². The van der Waals surface area contributed by atoms with E-state index < -0.39 is 0 Å². The second-order valence-corrected chi connectivity index (χ2v) is 4.98. The number of benzene rings is 1. The smallest absolute Gasteiger partial charge is 0.254 e. The van der Waals surface area contributed by atoms with E-state index in [0.717, 1.165) is 5.56 Å². The highest BCUT2D eigenvalue weighted by Gasteiger charge is 2.13. The number of rotatable bonds is 6. The summed E-state index contributed by atoms with van der Waals surface area (Å²) in [6.07, 6.45) is 2.98. The molecule has 0 saturated carbocycles. The third kappa shape index (κ3) is 3.82. The first-order chi connectivity index (χ1) is 11.2. The van der Waals surface area contributed by atoms with Crippen molar-refractivity contribution in [1.29, 1.82) is 0 Å². The highest BCUT2D eigenvalue weighted by Crippen LogP contribution is 2.32. The van der Waals surface area contributed by atoms with Crippen LogP contribution < -0.4 is 20.1 Å². The van der Waals surface area contributed by atoms with E-state index in [9.17, 15) is 9.59 Å². The minimum absolute atomic E-state index is 0.143. The SMILES string of the molecule is O=C(CCNC(=O)c1ccoc1)NCc1ccc2c(c1)OCO2. The number of furan rings is 1. The molecule has 0 saturated heterocycles. The van der Waals surface area contributed by atoms with Crippen molar-refractivity contribution in [3.63, 3.8) is 0 Å². The molecule has 0 aliphatic carbocycles. The number of nitrogens with one attached hydrogen (secondary N) is 2. The quantitative estimate of drug-likeness (QED) is 0.842. The molecule has 23 heavy (non-hydrogen) atoms. The summed E-state index contributed by atoms with van der Waals surface area (Å²) in [5.74, 6) is 0.989. The number of carbonyl (C=O) groups is 2. The van der Waals surface area contributed by atoms with Gasteiger partial charge >= 0.3 is 0 Å². The van der Waals surface area contributed by atoms with Crippen molar-refractivity contribution in [2.24, 2.45) is 0 Å². The average molecular weight is 316 g/mol. The van der Waals surface area contributed by atoms with Gasteiger partial charge in [-0.3, -0.25) is 9.59 Å². The van der Waals surface area contributed by atoms with Gasteiger partial charge in [-0.05, 0) is 23.8 Å². The normalized spacial score (nSPS) is 12.0. The number of hydrogen-bond donors (Lipinski definition) is 2. The predicted octanol–water partition coefficient (Wildman–Crippen LogP) is 1.44. The minimum Gasteiger partial charge on any atom is -0.472 e. The summed E-state index contributed by atoms with van der Waals surface area (Å²) in [6.45, 7) is 0.879. The molecular weight excluding hydrogens is 300 g/mol. The summed E-state index contributed by atoms with van der Waals surface area (Å²) < 4.78 is 15.3. The van der Waals surface area contributed by atoms with E-state index in [1.54, 1.807) is 6.07 Å². The Morgan fingerprint density at radius 2 is 1.96 bits per heavy atom. The fourth-order valence-electron chi connectivity index (χ4n) is 2.13. The Morgan fingerprint density at radius 3 is 2.78 bits per heavy atom. The minimum atomic E-state index is -0.262.